The lowest BCUT2D eigenvalue weighted by molar-refractivity contribution is -0.117. The molecule has 100 valence electrons. The molecule has 3 aliphatic heterocycles. The van der Waals surface area contributed by atoms with Gasteiger partial charge in [-0.25, -0.2) is 0 Å². The molecule has 1 amide bonds. The maximum absolute atomic E-state index is 12.4. The number of rotatable bonds is 2. The number of amides is 1. The molecule has 1 aromatic carbocycles. The topological polar surface area (TPSA) is 23.6 Å². The normalized spacial score (nSPS) is 32.6. The van der Waals surface area contributed by atoms with Crippen molar-refractivity contribution in [3.63, 3.8) is 0 Å². The molecule has 3 unspecified atom stereocenters. The van der Waals surface area contributed by atoms with E-state index in [1.54, 1.807) is 0 Å². The first-order valence-corrected chi connectivity index (χ1v) is 7.46. The molecule has 3 heterocycles. The number of nitrogens with zero attached hydrogens (tertiary/aromatic N) is 2. The van der Waals surface area contributed by atoms with Gasteiger partial charge in [0, 0.05) is 24.1 Å². The molecule has 3 heteroatoms. The Labute approximate surface area is 114 Å². The molecule has 0 spiro atoms. The summed E-state index contributed by atoms with van der Waals surface area (Å²) < 4.78 is 0. The first-order chi connectivity index (χ1) is 9.31. The molecular weight excluding hydrogens is 236 g/mol. The summed E-state index contributed by atoms with van der Waals surface area (Å²) >= 11 is 0. The maximum Gasteiger partial charge on any atom is 0.228 e. The second-order valence-corrected chi connectivity index (χ2v) is 6.02. The van der Waals surface area contributed by atoms with E-state index in [1.807, 2.05) is 0 Å². The summed E-state index contributed by atoms with van der Waals surface area (Å²) in [5.74, 6) is 0.897. The number of hydrogen-bond acceptors (Lipinski definition) is 2. The Morgan fingerprint density at radius 1 is 1.32 bits per heavy atom. The third kappa shape index (κ3) is 1.45. The highest BCUT2D eigenvalue weighted by molar-refractivity contribution is 6.00. The first-order valence-electron chi connectivity index (χ1n) is 7.46. The van der Waals surface area contributed by atoms with Crippen molar-refractivity contribution in [1.82, 2.24) is 4.90 Å². The smallest absolute Gasteiger partial charge is 0.228 e. The molecule has 0 saturated carbocycles. The predicted molar refractivity (Wildman–Crippen MR) is 75.3 cm³/mol. The molecule has 0 bridgehead atoms. The van der Waals surface area contributed by atoms with Crippen LogP contribution in [-0.4, -0.2) is 36.0 Å². The Morgan fingerprint density at radius 3 is 3.00 bits per heavy atom. The molecule has 1 aromatic rings. The van der Waals surface area contributed by atoms with Crippen LogP contribution in [0.1, 0.15) is 37.7 Å². The van der Waals surface area contributed by atoms with Crippen LogP contribution < -0.4 is 4.90 Å². The summed E-state index contributed by atoms with van der Waals surface area (Å²) in [6.45, 7) is 4.50. The van der Waals surface area contributed by atoms with Gasteiger partial charge in [0.15, 0.2) is 0 Å². The number of carbonyl (C=O) groups is 1. The molecule has 0 aromatic heterocycles. The van der Waals surface area contributed by atoms with Crippen molar-refractivity contribution in [2.24, 2.45) is 0 Å². The second-order valence-electron chi connectivity index (χ2n) is 6.02. The number of fused-ring (bicyclic) bond motifs is 3. The minimum Gasteiger partial charge on any atom is -0.307 e. The van der Waals surface area contributed by atoms with Crippen LogP contribution in [0.15, 0.2) is 24.3 Å². The molecule has 3 atom stereocenters. The van der Waals surface area contributed by atoms with E-state index >= 15 is 0 Å². The lowest BCUT2D eigenvalue weighted by Gasteiger charge is -2.40. The molecule has 2 fully saturated rings. The number of likely N-dealkylation sites (tertiary alicyclic amines) is 1. The Balaban J connectivity index is 1.77. The molecule has 4 rings (SSSR count). The van der Waals surface area contributed by atoms with Gasteiger partial charge in [-0.15, -0.1) is 0 Å². The van der Waals surface area contributed by atoms with Crippen molar-refractivity contribution in [3.8, 4) is 0 Å². The fourth-order valence-corrected chi connectivity index (χ4v) is 4.39. The maximum atomic E-state index is 12.4. The first kappa shape index (κ1) is 11.5. The van der Waals surface area contributed by atoms with Crippen LogP contribution >= 0.6 is 0 Å². The fourth-order valence-electron chi connectivity index (χ4n) is 4.39. The largest absolute Gasteiger partial charge is 0.307 e. The highest BCUT2D eigenvalue weighted by Crippen LogP contribution is 2.50. The van der Waals surface area contributed by atoms with Crippen LogP contribution in [0.25, 0.3) is 0 Å². The fraction of sp³-hybridized carbons (Fsp3) is 0.562. The van der Waals surface area contributed by atoms with Crippen LogP contribution in [0.4, 0.5) is 5.69 Å². The Morgan fingerprint density at radius 2 is 2.16 bits per heavy atom. The number of piperidine rings is 1. The van der Waals surface area contributed by atoms with Gasteiger partial charge in [0.05, 0.1) is 6.04 Å². The number of carbonyl (C=O) groups excluding carboxylic acids is 1. The van der Waals surface area contributed by atoms with E-state index in [0.717, 1.165) is 19.5 Å². The van der Waals surface area contributed by atoms with Crippen molar-refractivity contribution >= 4 is 11.6 Å². The van der Waals surface area contributed by atoms with Crippen LogP contribution in [0, 0.1) is 0 Å². The van der Waals surface area contributed by atoms with Gasteiger partial charge in [-0.05, 0) is 37.6 Å². The van der Waals surface area contributed by atoms with E-state index in [2.05, 4.69) is 41.0 Å². The van der Waals surface area contributed by atoms with E-state index in [0.29, 0.717) is 23.9 Å². The molecule has 19 heavy (non-hydrogen) atoms. The summed E-state index contributed by atoms with van der Waals surface area (Å²) in [6.07, 6.45) is 3.09. The standard InChI is InChI=1S/C16H20N2O/c1-2-8-17-9-7-12-11-5-3-4-6-13(11)18-15(19)10-14(17)16(12)18/h3-6,12,14,16H,2,7-10H2,1H3. The molecular formula is C16H20N2O. The van der Waals surface area contributed by atoms with Crippen molar-refractivity contribution in [1.29, 1.82) is 0 Å². The molecule has 0 radical (unpaired) electrons. The van der Waals surface area contributed by atoms with Crippen molar-refractivity contribution < 1.29 is 4.79 Å². The van der Waals surface area contributed by atoms with Crippen LogP contribution in [0.5, 0.6) is 0 Å². The second kappa shape index (κ2) is 4.07. The van der Waals surface area contributed by atoms with Gasteiger partial charge in [-0.2, -0.15) is 0 Å². The minimum atomic E-state index is 0.327. The zero-order chi connectivity index (χ0) is 13.0. The Bertz CT molecular complexity index is 527. The molecule has 3 aliphatic rings. The lowest BCUT2D eigenvalue weighted by Crippen LogP contribution is -2.51. The van der Waals surface area contributed by atoms with E-state index in [4.69, 9.17) is 0 Å². The van der Waals surface area contributed by atoms with Gasteiger partial charge in [-0.3, -0.25) is 9.69 Å². The SMILES string of the molecule is CCCN1CCC2c3ccccc3N3C(=O)CC1C23. The van der Waals surface area contributed by atoms with E-state index in [-0.39, 0.29) is 0 Å². The number of benzene rings is 1. The third-order valence-corrected chi connectivity index (χ3v) is 5.06. The van der Waals surface area contributed by atoms with Gasteiger partial charge in [0.25, 0.3) is 0 Å². The number of para-hydroxylation sites is 1. The van der Waals surface area contributed by atoms with Gasteiger partial charge in [-0.1, -0.05) is 25.1 Å². The summed E-state index contributed by atoms with van der Waals surface area (Å²) in [4.78, 5) is 17.1. The van der Waals surface area contributed by atoms with Gasteiger partial charge < -0.3 is 4.90 Å². The average molecular weight is 256 g/mol. The molecule has 3 nitrogen and oxygen atoms in total. The minimum absolute atomic E-state index is 0.327. The number of anilines is 1. The van der Waals surface area contributed by atoms with Gasteiger partial charge in [0.2, 0.25) is 5.91 Å². The number of hydrogen-bond donors (Lipinski definition) is 0. The predicted octanol–water partition coefficient (Wildman–Crippen LogP) is 2.37. The monoisotopic (exact) mass is 256 g/mol. The molecule has 0 N–H and O–H groups in total. The summed E-state index contributed by atoms with van der Waals surface area (Å²) in [7, 11) is 0. The zero-order valence-corrected chi connectivity index (χ0v) is 11.4. The quantitative estimate of drug-likeness (QED) is 0.811. The zero-order valence-electron chi connectivity index (χ0n) is 11.4. The lowest BCUT2D eigenvalue weighted by atomic mass is 9.83. The van der Waals surface area contributed by atoms with Crippen molar-refractivity contribution in [2.75, 3.05) is 18.0 Å². The highest BCUT2D eigenvalue weighted by atomic mass is 16.2. The van der Waals surface area contributed by atoms with Gasteiger partial charge in [0.1, 0.15) is 0 Å². The average Bonchev–Trinajstić information content (AvgIpc) is 2.94. The summed E-state index contributed by atoms with van der Waals surface area (Å²) in [6, 6.07) is 9.36. The Hall–Kier alpha value is -1.35. The van der Waals surface area contributed by atoms with Crippen molar-refractivity contribution in [2.45, 2.75) is 44.2 Å². The summed E-state index contributed by atoms with van der Waals surface area (Å²) in [5.41, 5.74) is 2.59. The van der Waals surface area contributed by atoms with E-state index in [1.165, 1.54) is 24.1 Å². The molecule has 2 saturated heterocycles. The van der Waals surface area contributed by atoms with Crippen molar-refractivity contribution in [3.05, 3.63) is 29.8 Å². The van der Waals surface area contributed by atoms with Crippen LogP contribution in [0.3, 0.4) is 0 Å². The van der Waals surface area contributed by atoms with Gasteiger partial charge >= 0.3 is 0 Å². The third-order valence-electron chi connectivity index (χ3n) is 5.06. The highest BCUT2D eigenvalue weighted by Gasteiger charge is 2.54. The van der Waals surface area contributed by atoms with Crippen LogP contribution in [-0.2, 0) is 4.79 Å². The van der Waals surface area contributed by atoms with Crippen LogP contribution in [0.2, 0.25) is 0 Å². The van der Waals surface area contributed by atoms with E-state index in [9.17, 15) is 4.79 Å². The summed E-state index contributed by atoms with van der Waals surface area (Å²) in [5, 5.41) is 0. The Kier molecular flexibility index (Phi) is 2.46. The van der Waals surface area contributed by atoms with E-state index < -0.39 is 0 Å². The molecule has 0 aliphatic carbocycles.